The lowest BCUT2D eigenvalue weighted by atomic mass is 10.0. The van der Waals surface area contributed by atoms with Crippen molar-refractivity contribution >= 4 is 22.1 Å². The first-order valence-electron chi connectivity index (χ1n) is 9.14. The van der Waals surface area contributed by atoms with E-state index in [-0.39, 0.29) is 17.9 Å². The minimum Gasteiger partial charge on any atom is -0.299 e. The zero-order valence-electron chi connectivity index (χ0n) is 15.6. The Morgan fingerprint density at radius 1 is 1.07 bits per heavy atom. The zero-order chi connectivity index (χ0) is 20.0. The summed E-state index contributed by atoms with van der Waals surface area (Å²) in [5.74, 6) is -0.374. The van der Waals surface area contributed by atoms with Gasteiger partial charge < -0.3 is 0 Å². The van der Waals surface area contributed by atoms with Gasteiger partial charge in [-0.15, -0.1) is 0 Å². The van der Waals surface area contributed by atoms with E-state index in [1.54, 1.807) is 24.4 Å². The van der Waals surface area contributed by atoms with Gasteiger partial charge >= 0.3 is 0 Å². The van der Waals surface area contributed by atoms with Crippen molar-refractivity contribution < 1.29 is 4.39 Å². The van der Waals surface area contributed by atoms with E-state index < -0.39 is 0 Å². The fourth-order valence-corrected chi connectivity index (χ4v) is 3.52. The lowest BCUT2D eigenvalue weighted by Crippen LogP contribution is -2.21. The normalized spacial score (nSPS) is 11.4. The van der Waals surface area contributed by atoms with Gasteiger partial charge in [-0.25, -0.2) is 14.4 Å². The molecule has 142 valence electrons. The van der Waals surface area contributed by atoms with Gasteiger partial charge in [0, 0.05) is 22.8 Å². The van der Waals surface area contributed by atoms with Crippen molar-refractivity contribution in [2.45, 2.75) is 13.5 Å². The van der Waals surface area contributed by atoms with Crippen LogP contribution in [-0.4, -0.2) is 24.7 Å². The van der Waals surface area contributed by atoms with Gasteiger partial charge in [-0.05, 0) is 42.3 Å². The number of aromatic nitrogens is 5. The monoisotopic (exact) mass is 385 g/mol. The largest absolute Gasteiger partial charge is 0.299 e. The van der Waals surface area contributed by atoms with Gasteiger partial charge in [0.1, 0.15) is 5.82 Å². The van der Waals surface area contributed by atoms with E-state index in [2.05, 4.69) is 20.2 Å². The van der Waals surface area contributed by atoms with Crippen LogP contribution in [0.1, 0.15) is 11.3 Å². The Kier molecular flexibility index (Phi) is 3.94. The van der Waals surface area contributed by atoms with E-state index in [1.807, 2.05) is 31.2 Å². The predicted molar refractivity (Wildman–Crippen MR) is 109 cm³/mol. The molecule has 0 radical (unpaired) electrons. The molecule has 0 aliphatic rings. The average molecular weight is 385 g/mol. The standard InChI is InChI=1S/C22H16FN5O/c1-13-17-7-6-15(10-19(17)27-26-13)14-4-5-16(18(23)9-14)12-28-20-3-2-8-24-22(20)25-11-21(28)29/h2-11H,12H2,1H3,(H,26,27). The van der Waals surface area contributed by atoms with Crippen LogP contribution in [0.2, 0.25) is 0 Å². The number of pyridine rings is 1. The summed E-state index contributed by atoms with van der Waals surface area (Å²) < 4.78 is 16.4. The number of benzene rings is 2. The summed E-state index contributed by atoms with van der Waals surface area (Å²) in [7, 11) is 0. The number of hydrogen-bond donors (Lipinski definition) is 1. The van der Waals surface area contributed by atoms with E-state index in [0.29, 0.717) is 16.7 Å². The van der Waals surface area contributed by atoms with Crippen LogP contribution in [0, 0.1) is 12.7 Å². The van der Waals surface area contributed by atoms with Crippen molar-refractivity contribution in [2.75, 3.05) is 0 Å². The number of fused-ring (bicyclic) bond motifs is 2. The molecule has 3 aromatic heterocycles. The summed E-state index contributed by atoms with van der Waals surface area (Å²) in [4.78, 5) is 20.5. The van der Waals surface area contributed by atoms with Crippen LogP contribution in [-0.2, 0) is 6.54 Å². The van der Waals surface area contributed by atoms with Crippen molar-refractivity contribution in [2.24, 2.45) is 0 Å². The molecule has 6 nitrogen and oxygen atoms in total. The zero-order valence-corrected chi connectivity index (χ0v) is 15.6. The third kappa shape index (κ3) is 2.97. The molecule has 1 N–H and O–H groups in total. The Bertz CT molecular complexity index is 1440. The van der Waals surface area contributed by atoms with E-state index in [1.165, 1.54) is 16.8 Å². The average Bonchev–Trinajstić information content (AvgIpc) is 3.11. The van der Waals surface area contributed by atoms with E-state index in [0.717, 1.165) is 27.7 Å². The second-order valence-corrected chi connectivity index (χ2v) is 6.92. The number of H-pyrrole nitrogens is 1. The Morgan fingerprint density at radius 2 is 1.90 bits per heavy atom. The third-order valence-corrected chi connectivity index (χ3v) is 5.08. The predicted octanol–water partition coefficient (Wildman–Crippen LogP) is 3.83. The maximum atomic E-state index is 14.9. The first-order valence-corrected chi connectivity index (χ1v) is 9.14. The molecule has 0 fully saturated rings. The van der Waals surface area contributed by atoms with Crippen LogP contribution >= 0.6 is 0 Å². The summed E-state index contributed by atoms with van der Waals surface area (Å²) in [6, 6.07) is 14.4. The Labute approximate surface area is 164 Å². The highest BCUT2D eigenvalue weighted by molar-refractivity contribution is 5.86. The number of aryl methyl sites for hydroxylation is 1. The summed E-state index contributed by atoms with van der Waals surface area (Å²) in [6.45, 7) is 2.07. The van der Waals surface area contributed by atoms with Gasteiger partial charge in [0.15, 0.2) is 5.65 Å². The van der Waals surface area contributed by atoms with E-state index in [4.69, 9.17) is 0 Å². The molecule has 0 aliphatic carbocycles. The molecule has 5 rings (SSSR count). The fraction of sp³-hybridized carbons (Fsp3) is 0.0909. The summed E-state index contributed by atoms with van der Waals surface area (Å²) >= 11 is 0. The summed E-state index contributed by atoms with van der Waals surface area (Å²) in [5, 5.41) is 8.27. The molecule has 0 bridgehead atoms. The Hall–Kier alpha value is -3.87. The minimum absolute atomic E-state index is 0.104. The van der Waals surface area contributed by atoms with E-state index >= 15 is 0 Å². The topological polar surface area (TPSA) is 76.5 Å². The molecular formula is C22H16FN5O. The van der Waals surface area contributed by atoms with Crippen LogP contribution in [0.25, 0.3) is 33.2 Å². The molecule has 0 amide bonds. The molecule has 0 saturated heterocycles. The van der Waals surface area contributed by atoms with Gasteiger partial charge in [-0.2, -0.15) is 5.10 Å². The first kappa shape index (κ1) is 17.2. The minimum atomic E-state index is -0.374. The molecule has 3 heterocycles. The second-order valence-electron chi connectivity index (χ2n) is 6.92. The number of nitrogens with zero attached hydrogens (tertiary/aromatic N) is 4. The number of nitrogens with one attached hydrogen (secondary N) is 1. The van der Waals surface area contributed by atoms with Crippen LogP contribution in [0.4, 0.5) is 4.39 Å². The van der Waals surface area contributed by atoms with Crippen LogP contribution in [0.3, 0.4) is 0 Å². The third-order valence-electron chi connectivity index (χ3n) is 5.08. The quantitative estimate of drug-likeness (QED) is 0.512. The lowest BCUT2D eigenvalue weighted by molar-refractivity contribution is 0.599. The highest BCUT2D eigenvalue weighted by Crippen LogP contribution is 2.26. The highest BCUT2D eigenvalue weighted by atomic mass is 19.1. The molecular weight excluding hydrogens is 369 g/mol. The molecule has 0 spiro atoms. The summed E-state index contributed by atoms with van der Waals surface area (Å²) in [5.41, 5.74) is 4.61. The highest BCUT2D eigenvalue weighted by Gasteiger charge is 2.11. The molecule has 2 aromatic carbocycles. The van der Waals surface area contributed by atoms with Crippen molar-refractivity contribution in [1.82, 2.24) is 24.7 Å². The summed E-state index contributed by atoms with van der Waals surface area (Å²) in [6.07, 6.45) is 2.82. The van der Waals surface area contributed by atoms with Crippen LogP contribution in [0.15, 0.2) is 65.7 Å². The molecule has 29 heavy (non-hydrogen) atoms. The Morgan fingerprint density at radius 3 is 2.76 bits per heavy atom. The lowest BCUT2D eigenvalue weighted by Gasteiger charge is -2.11. The maximum absolute atomic E-state index is 14.9. The van der Waals surface area contributed by atoms with Crippen LogP contribution in [0.5, 0.6) is 0 Å². The Balaban J connectivity index is 1.53. The van der Waals surface area contributed by atoms with Gasteiger partial charge in [-0.1, -0.05) is 24.3 Å². The fourth-order valence-electron chi connectivity index (χ4n) is 3.52. The molecule has 7 heteroatoms. The van der Waals surface area contributed by atoms with Gasteiger partial charge in [-0.3, -0.25) is 14.5 Å². The maximum Gasteiger partial charge on any atom is 0.269 e. The number of halogens is 1. The van der Waals surface area contributed by atoms with E-state index in [9.17, 15) is 9.18 Å². The molecule has 0 aliphatic heterocycles. The van der Waals surface area contributed by atoms with Gasteiger partial charge in [0.05, 0.1) is 23.8 Å². The van der Waals surface area contributed by atoms with Crippen LogP contribution < -0.4 is 5.56 Å². The van der Waals surface area contributed by atoms with Crippen molar-refractivity contribution in [3.8, 4) is 11.1 Å². The van der Waals surface area contributed by atoms with Crippen molar-refractivity contribution in [3.63, 3.8) is 0 Å². The molecule has 0 atom stereocenters. The molecule has 0 unspecified atom stereocenters. The number of aromatic amines is 1. The van der Waals surface area contributed by atoms with Gasteiger partial charge in [0.2, 0.25) is 0 Å². The van der Waals surface area contributed by atoms with Crippen molar-refractivity contribution in [1.29, 1.82) is 0 Å². The first-order chi connectivity index (χ1) is 14.1. The molecule has 5 aromatic rings. The number of hydrogen-bond acceptors (Lipinski definition) is 4. The SMILES string of the molecule is Cc1[nH]nc2cc(-c3ccc(Cn4c(=O)cnc5ncccc54)c(F)c3)ccc12. The second kappa shape index (κ2) is 6.63. The smallest absolute Gasteiger partial charge is 0.269 e. The van der Waals surface area contributed by atoms with Gasteiger partial charge in [0.25, 0.3) is 5.56 Å². The van der Waals surface area contributed by atoms with Crippen molar-refractivity contribution in [3.05, 3.63) is 88.4 Å². The number of rotatable bonds is 3. The molecule has 0 saturated carbocycles.